The van der Waals surface area contributed by atoms with E-state index in [1.807, 2.05) is 19.9 Å². The van der Waals surface area contributed by atoms with Crippen LogP contribution in [0.1, 0.15) is 19.4 Å². The van der Waals surface area contributed by atoms with Crippen LogP contribution in [0.5, 0.6) is 0 Å². The van der Waals surface area contributed by atoms with Crippen molar-refractivity contribution >= 4 is 15.7 Å². The van der Waals surface area contributed by atoms with Crippen molar-refractivity contribution in [1.82, 2.24) is 4.31 Å². The Morgan fingerprint density at radius 3 is 2.80 bits per heavy atom. The van der Waals surface area contributed by atoms with Crippen molar-refractivity contribution in [2.24, 2.45) is 0 Å². The van der Waals surface area contributed by atoms with E-state index >= 15 is 0 Å². The number of benzene rings is 1. The van der Waals surface area contributed by atoms with Gasteiger partial charge in [0.15, 0.2) is 0 Å². The van der Waals surface area contributed by atoms with Crippen LogP contribution in [0, 0.1) is 0 Å². The maximum absolute atomic E-state index is 12.7. The Kier molecular flexibility index (Phi) is 4.67. The van der Waals surface area contributed by atoms with Crippen LogP contribution in [0.2, 0.25) is 0 Å². The lowest BCUT2D eigenvalue weighted by atomic mass is 10.2. The second-order valence-electron chi connectivity index (χ2n) is 5.20. The Labute approximate surface area is 121 Å². The van der Waals surface area contributed by atoms with Crippen LogP contribution in [0.4, 0.5) is 5.69 Å². The number of hydrogen-bond donors (Lipinski definition) is 1. The molecule has 0 fully saturated rings. The SMILES string of the molecule is COCCN(C(C)C)S(=O)(=O)c1ccc2c(c1)NCC2. The molecule has 1 N–H and O–H groups in total. The highest BCUT2D eigenvalue weighted by molar-refractivity contribution is 7.89. The average molecular weight is 298 g/mol. The normalized spacial score (nSPS) is 14.7. The van der Waals surface area contributed by atoms with Gasteiger partial charge in [0.25, 0.3) is 0 Å². The fraction of sp³-hybridized carbons (Fsp3) is 0.571. The minimum Gasteiger partial charge on any atom is -0.384 e. The number of nitrogens with zero attached hydrogens (tertiary/aromatic N) is 1. The van der Waals surface area contributed by atoms with Crippen molar-refractivity contribution < 1.29 is 13.2 Å². The van der Waals surface area contributed by atoms with E-state index in [2.05, 4.69) is 5.32 Å². The van der Waals surface area contributed by atoms with Gasteiger partial charge in [-0.05, 0) is 38.0 Å². The number of anilines is 1. The molecule has 1 aromatic rings. The molecule has 6 heteroatoms. The molecule has 112 valence electrons. The molecule has 1 aromatic carbocycles. The molecule has 0 aromatic heterocycles. The predicted molar refractivity (Wildman–Crippen MR) is 79.5 cm³/mol. The third-order valence-corrected chi connectivity index (χ3v) is 5.56. The lowest BCUT2D eigenvalue weighted by Gasteiger charge is -2.25. The molecule has 1 aliphatic heterocycles. The summed E-state index contributed by atoms with van der Waals surface area (Å²) in [5.74, 6) is 0. The van der Waals surface area contributed by atoms with Crippen LogP contribution in [0.15, 0.2) is 23.1 Å². The van der Waals surface area contributed by atoms with Crippen molar-refractivity contribution in [3.8, 4) is 0 Å². The van der Waals surface area contributed by atoms with E-state index in [9.17, 15) is 8.42 Å². The molecule has 0 bridgehead atoms. The lowest BCUT2D eigenvalue weighted by molar-refractivity contribution is 0.171. The quantitative estimate of drug-likeness (QED) is 0.868. The zero-order chi connectivity index (χ0) is 14.8. The molecule has 2 rings (SSSR count). The fourth-order valence-corrected chi connectivity index (χ4v) is 4.05. The third kappa shape index (κ3) is 2.97. The smallest absolute Gasteiger partial charge is 0.243 e. The van der Waals surface area contributed by atoms with Crippen molar-refractivity contribution in [3.63, 3.8) is 0 Å². The summed E-state index contributed by atoms with van der Waals surface area (Å²) in [6.07, 6.45) is 0.952. The number of sulfonamides is 1. The highest BCUT2D eigenvalue weighted by Gasteiger charge is 2.27. The molecule has 1 aliphatic rings. The molecule has 0 spiro atoms. The van der Waals surface area contributed by atoms with E-state index in [4.69, 9.17) is 4.74 Å². The van der Waals surface area contributed by atoms with Gasteiger partial charge in [-0.25, -0.2) is 8.42 Å². The first-order valence-corrected chi connectivity index (χ1v) is 8.28. The highest BCUT2D eigenvalue weighted by atomic mass is 32.2. The Bertz CT molecular complexity index is 570. The minimum absolute atomic E-state index is 0.101. The van der Waals surface area contributed by atoms with Crippen molar-refractivity contribution in [3.05, 3.63) is 23.8 Å². The monoisotopic (exact) mass is 298 g/mol. The van der Waals surface area contributed by atoms with E-state index in [0.717, 1.165) is 18.7 Å². The van der Waals surface area contributed by atoms with Crippen molar-refractivity contribution in [2.75, 3.05) is 32.1 Å². The van der Waals surface area contributed by atoms with E-state index in [1.165, 1.54) is 9.87 Å². The molecule has 5 nitrogen and oxygen atoms in total. The number of rotatable bonds is 6. The van der Waals surface area contributed by atoms with Crippen LogP contribution in [-0.4, -0.2) is 45.6 Å². The molecular weight excluding hydrogens is 276 g/mol. The van der Waals surface area contributed by atoms with Crippen LogP contribution in [0.3, 0.4) is 0 Å². The molecule has 0 unspecified atom stereocenters. The van der Waals surface area contributed by atoms with E-state index in [1.54, 1.807) is 19.2 Å². The van der Waals surface area contributed by atoms with E-state index < -0.39 is 10.0 Å². The fourth-order valence-electron chi connectivity index (χ4n) is 2.40. The standard InChI is InChI=1S/C14H22N2O3S/c1-11(2)16(8-9-19-3)20(17,18)13-5-4-12-6-7-15-14(12)10-13/h4-5,10-11,15H,6-9H2,1-3H3. The van der Waals surface area contributed by atoms with Gasteiger partial charge in [0.1, 0.15) is 0 Å². The van der Waals surface area contributed by atoms with E-state index in [-0.39, 0.29) is 6.04 Å². The highest BCUT2D eigenvalue weighted by Crippen LogP contribution is 2.27. The van der Waals surface area contributed by atoms with Crippen LogP contribution < -0.4 is 5.32 Å². The van der Waals surface area contributed by atoms with Gasteiger partial charge in [0.05, 0.1) is 11.5 Å². The number of ether oxygens (including phenoxy) is 1. The molecule has 1 heterocycles. The number of methoxy groups -OCH3 is 1. The van der Waals surface area contributed by atoms with Crippen molar-refractivity contribution in [2.45, 2.75) is 31.2 Å². The largest absolute Gasteiger partial charge is 0.384 e. The predicted octanol–water partition coefficient (Wildman–Crippen LogP) is 1.70. The van der Waals surface area contributed by atoms with E-state index in [0.29, 0.717) is 18.0 Å². The summed E-state index contributed by atoms with van der Waals surface area (Å²) >= 11 is 0. The summed E-state index contributed by atoms with van der Waals surface area (Å²) < 4.78 is 31.9. The van der Waals surface area contributed by atoms with Crippen molar-refractivity contribution in [1.29, 1.82) is 0 Å². The lowest BCUT2D eigenvalue weighted by Crippen LogP contribution is -2.39. The Morgan fingerprint density at radius 2 is 2.15 bits per heavy atom. The molecule has 0 saturated carbocycles. The zero-order valence-electron chi connectivity index (χ0n) is 12.2. The zero-order valence-corrected chi connectivity index (χ0v) is 13.0. The first-order valence-electron chi connectivity index (χ1n) is 6.84. The van der Waals surface area contributed by atoms with Gasteiger partial charge in [-0.1, -0.05) is 6.07 Å². The second-order valence-corrected chi connectivity index (χ2v) is 7.09. The van der Waals surface area contributed by atoms with Gasteiger partial charge in [-0.3, -0.25) is 0 Å². The van der Waals surface area contributed by atoms with Gasteiger partial charge in [-0.15, -0.1) is 0 Å². The number of hydrogen-bond acceptors (Lipinski definition) is 4. The first-order chi connectivity index (χ1) is 9.46. The molecule has 0 amide bonds. The Morgan fingerprint density at radius 1 is 1.40 bits per heavy atom. The maximum atomic E-state index is 12.7. The summed E-state index contributed by atoms with van der Waals surface area (Å²) in [4.78, 5) is 0.343. The molecule has 20 heavy (non-hydrogen) atoms. The van der Waals surface area contributed by atoms with Gasteiger partial charge < -0.3 is 10.1 Å². The summed E-state index contributed by atoms with van der Waals surface area (Å²) in [6, 6.07) is 5.23. The van der Waals surface area contributed by atoms with Gasteiger partial charge in [0.2, 0.25) is 10.0 Å². The van der Waals surface area contributed by atoms with Gasteiger partial charge >= 0.3 is 0 Å². The molecular formula is C14H22N2O3S. The van der Waals surface area contributed by atoms with Crippen LogP contribution in [0.25, 0.3) is 0 Å². The first kappa shape index (κ1) is 15.3. The molecule has 0 saturated heterocycles. The molecule has 0 radical (unpaired) electrons. The molecule has 0 aliphatic carbocycles. The Hall–Kier alpha value is -1.11. The maximum Gasteiger partial charge on any atom is 0.243 e. The Balaban J connectivity index is 2.32. The number of fused-ring (bicyclic) bond motifs is 1. The van der Waals surface area contributed by atoms with Crippen LogP contribution in [-0.2, 0) is 21.2 Å². The summed E-state index contributed by atoms with van der Waals surface area (Å²) in [5, 5.41) is 3.22. The van der Waals surface area contributed by atoms with Gasteiger partial charge in [0, 0.05) is 31.9 Å². The summed E-state index contributed by atoms with van der Waals surface area (Å²) in [5.41, 5.74) is 2.11. The van der Waals surface area contributed by atoms with Crippen LogP contribution >= 0.6 is 0 Å². The molecule has 0 atom stereocenters. The minimum atomic E-state index is -3.48. The second kappa shape index (κ2) is 6.11. The third-order valence-electron chi connectivity index (χ3n) is 3.49. The average Bonchev–Trinajstić information content (AvgIpc) is 2.85. The topological polar surface area (TPSA) is 58.6 Å². The summed E-state index contributed by atoms with van der Waals surface area (Å²) in [7, 11) is -1.91. The van der Waals surface area contributed by atoms with Gasteiger partial charge in [-0.2, -0.15) is 4.31 Å². The number of nitrogens with one attached hydrogen (secondary N) is 1. The summed E-state index contributed by atoms with van der Waals surface area (Å²) in [6.45, 7) is 5.37.